The van der Waals surface area contributed by atoms with Gasteiger partial charge in [-0.05, 0) is 32.6 Å². The Kier molecular flexibility index (Phi) is 3.19. The maximum Gasteiger partial charge on any atom is 0.216 e. The lowest BCUT2D eigenvalue weighted by Crippen LogP contribution is -2.27. The molecular formula is C12H21N3O. The Balaban J connectivity index is 2.02. The normalized spacial score (nSPS) is 17.5. The monoisotopic (exact) mass is 223 g/mol. The summed E-state index contributed by atoms with van der Waals surface area (Å²) in [6, 6.07) is 0.601. The van der Waals surface area contributed by atoms with Crippen LogP contribution in [0.15, 0.2) is 0 Å². The second kappa shape index (κ2) is 4.45. The lowest BCUT2D eigenvalue weighted by molar-refractivity contribution is 0.366. The van der Waals surface area contributed by atoms with Gasteiger partial charge in [0.15, 0.2) is 0 Å². The fraction of sp³-hybridized carbons (Fsp3) is 0.750. The Morgan fingerprint density at radius 2 is 2.25 bits per heavy atom. The van der Waals surface area contributed by atoms with Crippen molar-refractivity contribution in [3.8, 4) is 5.88 Å². The van der Waals surface area contributed by atoms with E-state index in [0.29, 0.717) is 6.04 Å². The van der Waals surface area contributed by atoms with E-state index in [0.717, 1.165) is 24.0 Å². The first-order chi connectivity index (χ1) is 7.63. The van der Waals surface area contributed by atoms with Gasteiger partial charge in [0.25, 0.3) is 0 Å². The maximum atomic E-state index is 5.37. The van der Waals surface area contributed by atoms with Crippen molar-refractivity contribution in [2.45, 2.75) is 39.3 Å². The first-order valence-corrected chi connectivity index (χ1v) is 5.93. The van der Waals surface area contributed by atoms with Gasteiger partial charge in [-0.1, -0.05) is 0 Å². The molecule has 0 amide bonds. The summed E-state index contributed by atoms with van der Waals surface area (Å²) < 4.78 is 7.17. The topological polar surface area (TPSA) is 39.1 Å². The minimum atomic E-state index is 0.601. The largest absolute Gasteiger partial charge is 0.481 e. The van der Waals surface area contributed by atoms with Crippen LogP contribution in [0.3, 0.4) is 0 Å². The molecule has 0 radical (unpaired) electrons. The number of nitrogens with one attached hydrogen (secondary N) is 1. The van der Waals surface area contributed by atoms with Crippen molar-refractivity contribution >= 4 is 0 Å². The Hall–Kier alpha value is -1.03. The lowest BCUT2D eigenvalue weighted by Gasteiger charge is -2.13. The molecule has 4 heteroatoms. The molecule has 0 aliphatic heterocycles. The zero-order valence-corrected chi connectivity index (χ0v) is 10.6. The van der Waals surface area contributed by atoms with E-state index in [-0.39, 0.29) is 0 Å². The molecule has 0 bridgehead atoms. The zero-order valence-electron chi connectivity index (χ0n) is 10.6. The summed E-state index contributed by atoms with van der Waals surface area (Å²) in [5.74, 6) is 1.75. The molecule has 1 fully saturated rings. The van der Waals surface area contributed by atoms with Crippen LogP contribution in [0.25, 0.3) is 0 Å². The average molecular weight is 223 g/mol. The maximum absolute atomic E-state index is 5.37. The minimum Gasteiger partial charge on any atom is -0.481 e. The van der Waals surface area contributed by atoms with E-state index in [9.17, 15) is 0 Å². The summed E-state index contributed by atoms with van der Waals surface area (Å²) in [7, 11) is 3.62. The Bertz CT molecular complexity index is 369. The Labute approximate surface area is 97.0 Å². The standard InChI is InChI=1S/C12H21N3O/c1-8(10-5-6-10)13-7-11-9(2)14-15(3)12(11)16-4/h8,10,13H,5-7H2,1-4H3. The van der Waals surface area contributed by atoms with E-state index in [1.54, 1.807) is 11.8 Å². The average Bonchev–Trinajstić information content (AvgIpc) is 3.03. The van der Waals surface area contributed by atoms with Crippen molar-refractivity contribution in [3.05, 3.63) is 11.3 Å². The highest BCUT2D eigenvalue weighted by atomic mass is 16.5. The number of hydrogen-bond donors (Lipinski definition) is 1. The van der Waals surface area contributed by atoms with Crippen LogP contribution in [0, 0.1) is 12.8 Å². The van der Waals surface area contributed by atoms with Crippen molar-refractivity contribution < 1.29 is 4.74 Å². The van der Waals surface area contributed by atoms with Crippen LogP contribution in [-0.2, 0) is 13.6 Å². The third-order valence-corrected chi connectivity index (χ3v) is 3.41. The fourth-order valence-electron chi connectivity index (χ4n) is 2.17. The van der Waals surface area contributed by atoms with Crippen LogP contribution in [-0.4, -0.2) is 22.9 Å². The van der Waals surface area contributed by atoms with E-state index < -0.39 is 0 Å². The van der Waals surface area contributed by atoms with E-state index in [1.807, 2.05) is 14.0 Å². The molecule has 1 atom stereocenters. The molecule has 90 valence electrons. The van der Waals surface area contributed by atoms with Gasteiger partial charge in [0.2, 0.25) is 5.88 Å². The van der Waals surface area contributed by atoms with E-state index >= 15 is 0 Å². The molecule has 2 rings (SSSR count). The van der Waals surface area contributed by atoms with Crippen LogP contribution in [0.5, 0.6) is 5.88 Å². The first kappa shape index (κ1) is 11.5. The highest BCUT2D eigenvalue weighted by Gasteiger charge is 2.27. The summed E-state index contributed by atoms with van der Waals surface area (Å²) >= 11 is 0. The second-order valence-corrected chi connectivity index (χ2v) is 4.70. The molecular weight excluding hydrogens is 202 g/mol. The molecule has 1 saturated carbocycles. The molecule has 1 N–H and O–H groups in total. The van der Waals surface area contributed by atoms with Crippen LogP contribution >= 0.6 is 0 Å². The van der Waals surface area contributed by atoms with Gasteiger partial charge in [0.1, 0.15) is 0 Å². The van der Waals surface area contributed by atoms with Gasteiger partial charge in [-0.25, -0.2) is 4.68 Å². The SMILES string of the molecule is COc1c(CNC(C)C2CC2)c(C)nn1C. The van der Waals surface area contributed by atoms with Crippen LogP contribution < -0.4 is 10.1 Å². The Morgan fingerprint density at radius 3 is 2.81 bits per heavy atom. The molecule has 1 unspecified atom stereocenters. The van der Waals surface area contributed by atoms with Gasteiger partial charge < -0.3 is 10.1 Å². The molecule has 16 heavy (non-hydrogen) atoms. The van der Waals surface area contributed by atoms with Crippen LogP contribution in [0.1, 0.15) is 31.0 Å². The van der Waals surface area contributed by atoms with E-state index in [1.165, 1.54) is 18.4 Å². The first-order valence-electron chi connectivity index (χ1n) is 5.93. The summed E-state index contributed by atoms with van der Waals surface area (Å²) in [5.41, 5.74) is 2.23. The molecule has 0 spiro atoms. The zero-order chi connectivity index (χ0) is 11.7. The molecule has 4 nitrogen and oxygen atoms in total. The number of aromatic nitrogens is 2. The van der Waals surface area contributed by atoms with Crippen molar-refractivity contribution in [1.82, 2.24) is 15.1 Å². The fourth-order valence-corrected chi connectivity index (χ4v) is 2.17. The molecule has 0 aromatic carbocycles. The molecule has 1 aliphatic rings. The summed E-state index contributed by atoms with van der Waals surface area (Å²) in [4.78, 5) is 0. The predicted octanol–water partition coefficient (Wildman–Crippen LogP) is 1.63. The lowest BCUT2D eigenvalue weighted by atomic mass is 10.2. The third kappa shape index (κ3) is 2.21. The van der Waals surface area contributed by atoms with Gasteiger partial charge in [0.05, 0.1) is 18.4 Å². The molecule has 1 heterocycles. The number of methoxy groups -OCH3 is 1. The van der Waals surface area contributed by atoms with Gasteiger partial charge in [0, 0.05) is 19.6 Å². The van der Waals surface area contributed by atoms with Crippen molar-refractivity contribution in [1.29, 1.82) is 0 Å². The van der Waals surface area contributed by atoms with Gasteiger partial charge in [-0.3, -0.25) is 0 Å². The van der Waals surface area contributed by atoms with Crippen LogP contribution in [0.2, 0.25) is 0 Å². The van der Waals surface area contributed by atoms with Gasteiger partial charge >= 0.3 is 0 Å². The van der Waals surface area contributed by atoms with Crippen molar-refractivity contribution in [2.24, 2.45) is 13.0 Å². The van der Waals surface area contributed by atoms with E-state index in [4.69, 9.17) is 4.74 Å². The van der Waals surface area contributed by atoms with Crippen molar-refractivity contribution in [3.63, 3.8) is 0 Å². The van der Waals surface area contributed by atoms with Crippen molar-refractivity contribution in [2.75, 3.05) is 7.11 Å². The molecule has 1 aromatic rings. The summed E-state index contributed by atoms with van der Waals surface area (Å²) in [6.45, 7) is 5.14. The smallest absolute Gasteiger partial charge is 0.216 e. The highest BCUT2D eigenvalue weighted by molar-refractivity contribution is 5.30. The van der Waals surface area contributed by atoms with E-state index in [2.05, 4.69) is 17.3 Å². The van der Waals surface area contributed by atoms with Gasteiger partial charge in [-0.2, -0.15) is 5.10 Å². The third-order valence-electron chi connectivity index (χ3n) is 3.41. The minimum absolute atomic E-state index is 0.601. The second-order valence-electron chi connectivity index (χ2n) is 4.70. The number of hydrogen-bond acceptors (Lipinski definition) is 3. The molecule has 0 saturated heterocycles. The molecule has 1 aromatic heterocycles. The number of nitrogens with zero attached hydrogens (tertiary/aromatic N) is 2. The number of ether oxygens (including phenoxy) is 1. The predicted molar refractivity (Wildman–Crippen MR) is 63.5 cm³/mol. The van der Waals surface area contributed by atoms with Crippen LogP contribution in [0.4, 0.5) is 0 Å². The van der Waals surface area contributed by atoms with Gasteiger partial charge in [-0.15, -0.1) is 0 Å². The number of aryl methyl sites for hydroxylation is 2. The summed E-state index contributed by atoms with van der Waals surface area (Å²) in [6.07, 6.45) is 2.74. The molecule has 1 aliphatic carbocycles. The highest BCUT2D eigenvalue weighted by Crippen LogP contribution is 2.32. The summed E-state index contributed by atoms with van der Waals surface area (Å²) in [5, 5.41) is 7.93. The Morgan fingerprint density at radius 1 is 1.56 bits per heavy atom. The number of rotatable bonds is 5. The quantitative estimate of drug-likeness (QED) is 0.824.